The molecule has 0 spiro atoms. The van der Waals surface area contributed by atoms with Crippen LogP contribution in [0.1, 0.15) is 65.5 Å². The highest BCUT2D eigenvalue weighted by Crippen LogP contribution is 2.27. The van der Waals surface area contributed by atoms with Crippen LogP contribution in [0.4, 0.5) is 0 Å². The largest absolute Gasteiger partial charge is 0.342 e. The van der Waals surface area contributed by atoms with Gasteiger partial charge in [-0.05, 0) is 52.0 Å². The van der Waals surface area contributed by atoms with Crippen molar-refractivity contribution < 1.29 is 9.59 Å². The first-order valence-electron chi connectivity index (χ1n) is 11.9. The molecule has 1 aromatic heterocycles. The highest BCUT2D eigenvalue weighted by atomic mass is 16.2. The van der Waals surface area contributed by atoms with Crippen molar-refractivity contribution in [2.45, 2.75) is 65.2 Å². The number of aryl methyl sites for hydroxylation is 3. The molecule has 2 aliphatic heterocycles. The minimum atomic E-state index is 0.154. The maximum Gasteiger partial charge on any atom is 0.227 e. The standard InChI is InChI=1S/C26H34N4O2/c1-18-7-9-21(10-8-18)15-24(31)30-14-11-22(17-30)26-27-19(2)23(20(3)28-26)16-25(32)29-12-5-4-6-13-29/h7-10,22H,4-6,11-17H2,1-3H3. The van der Waals surface area contributed by atoms with Crippen LogP contribution in [0, 0.1) is 20.8 Å². The van der Waals surface area contributed by atoms with E-state index in [2.05, 4.69) is 6.92 Å². The average Bonchev–Trinajstić information content (AvgIpc) is 3.29. The molecule has 0 bridgehead atoms. The van der Waals surface area contributed by atoms with Crippen LogP contribution in [0.15, 0.2) is 24.3 Å². The predicted molar refractivity (Wildman–Crippen MR) is 124 cm³/mol. The summed E-state index contributed by atoms with van der Waals surface area (Å²) in [6.45, 7) is 9.14. The van der Waals surface area contributed by atoms with Crippen molar-refractivity contribution in [1.29, 1.82) is 0 Å². The number of nitrogens with zero attached hydrogens (tertiary/aromatic N) is 4. The number of likely N-dealkylation sites (tertiary alicyclic amines) is 2. The molecule has 1 atom stereocenters. The monoisotopic (exact) mass is 434 g/mol. The Morgan fingerprint density at radius 2 is 1.47 bits per heavy atom. The van der Waals surface area contributed by atoms with Crippen LogP contribution in [-0.2, 0) is 22.4 Å². The molecular weight excluding hydrogens is 400 g/mol. The Morgan fingerprint density at radius 1 is 0.844 bits per heavy atom. The van der Waals surface area contributed by atoms with Crippen LogP contribution in [0.5, 0.6) is 0 Å². The van der Waals surface area contributed by atoms with Gasteiger partial charge >= 0.3 is 0 Å². The Morgan fingerprint density at radius 3 is 2.12 bits per heavy atom. The second kappa shape index (κ2) is 9.80. The molecule has 0 N–H and O–H groups in total. The van der Waals surface area contributed by atoms with Gasteiger partial charge in [-0.15, -0.1) is 0 Å². The summed E-state index contributed by atoms with van der Waals surface area (Å²) in [7, 11) is 0. The van der Waals surface area contributed by atoms with Crippen molar-refractivity contribution in [3.05, 3.63) is 58.2 Å². The molecule has 32 heavy (non-hydrogen) atoms. The van der Waals surface area contributed by atoms with E-state index in [1.165, 1.54) is 12.0 Å². The van der Waals surface area contributed by atoms with E-state index in [4.69, 9.17) is 9.97 Å². The van der Waals surface area contributed by atoms with Gasteiger partial charge in [0, 0.05) is 49.0 Å². The second-order valence-electron chi connectivity index (χ2n) is 9.34. The van der Waals surface area contributed by atoms with E-state index in [0.717, 1.165) is 67.2 Å². The molecule has 6 heteroatoms. The van der Waals surface area contributed by atoms with Gasteiger partial charge in [0.05, 0.1) is 12.8 Å². The normalized spacial score (nSPS) is 18.8. The number of carbonyl (C=O) groups is 2. The van der Waals surface area contributed by atoms with Gasteiger partial charge < -0.3 is 9.80 Å². The minimum absolute atomic E-state index is 0.154. The van der Waals surface area contributed by atoms with E-state index in [9.17, 15) is 9.59 Å². The molecule has 0 saturated carbocycles. The lowest BCUT2D eigenvalue weighted by atomic mass is 10.0. The summed E-state index contributed by atoms with van der Waals surface area (Å²) >= 11 is 0. The quantitative estimate of drug-likeness (QED) is 0.722. The smallest absolute Gasteiger partial charge is 0.227 e. The van der Waals surface area contributed by atoms with Crippen LogP contribution in [0.3, 0.4) is 0 Å². The van der Waals surface area contributed by atoms with Gasteiger partial charge in [-0.1, -0.05) is 29.8 Å². The maximum absolute atomic E-state index is 12.8. The number of piperidine rings is 1. The van der Waals surface area contributed by atoms with Gasteiger partial charge in [0.25, 0.3) is 0 Å². The topological polar surface area (TPSA) is 66.4 Å². The van der Waals surface area contributed by atoms with E-state index in [0.29, 0.717) is 19.4 Å². The van der Waals surface area contributed by atoms with Gasteiger partial charge in [-0.3, -0.25) is 9.59 Å². The summed E-state index contributed by atoms with van der Waals surface area (Å²) in [6.07, 6.45) is 5.10. The fraction of sp³-hybridized carbons (Fsp3) is 0.538. The second-order valence-corrected chi connectivity index (χ2v) is 9.34. The molecule has 6 nitrogen and oxygen atoms in total. The van der Waals surface area contributed by atoms with E-state index in [1.807, 2.05) is 47.9 Å². The third kappa shape index (κ3) is 5.17. The first kappa shape index (κ1) is 22.4. The minimum Gasteiger partial charge on any atom is -0.342 e. The fourth-order valence-electron chi connectivity index (χ4n) is 4.80. The third-order valence-corrected chi connectivity index (χ3v) is 6.86. The molecule has 2 aliphatic rings. The Hall–Kier alpha value is -2.76. The number of rotatable bonds is 5. The van der Waals surface area contributed by atoms with Crippen LogP contribution in [-0.4, -0.2) is 57.8 Å². The zero-order chi connectivity index (χ0) is 22.7. The molecule has 2 fully saturated rings. The number of benzene rings is 1. The zero-order valence-corrected chi connectivity index (χ0v) is 19.6. The SMILES string of the molecule is Cc1ccc(CC(=O)N2CCC(c3nc(C)c(CC(=O)N4CCCCC4)c(C)n3)C2)cc1. The lowest BCUT2D eigenvalue weighted by Crippen LogP contribution is -2.37. The van der Waals surface area contributed by atoms with Crippen molar-refractivity contribution in [3.63, 3.8) is 0 Å². The molecule has 2 aromatic rings. The molecule has 4 rings (SSSR count). The molecule has 0 aliphatic carbocycles. The van der Waals surface area contributed by atoms with Gasteiger partial charge in [0.1, 0.15) is 5.82 Å². The van der Waals surface area contributed by atoms with E-state index < -0.39 is 0 Å². The van der Waals surface area contributed by atoms with E-state index >= 15 is 0 Å². The van der Waals surface area contributed by atoms with Crippen molar-refractivity contribution in [2.75, 3.05) is 26.2 Å². The fourth-order valence-corrected chi connectivity index (χ4v) is 4.80. The van der Waals surface area contributed by atoms with Crippen molar-refractivity contribution >= 4 is 11.8 Å². The zero-order valence-electron chi connectivity index (χ0n) is 19.6. The van der Waals surface area contributed by atoms with E-state index in [1.54, 1.807) is 0 Å². The molecule has 2 saturated heterocycles. The molecule has 170 valence electrons. The van der Waals surface area contributed by atoms with Gasteiger partial charge in [0.15, 0.2) is 0 Å². The van der Waals surface area contributed by atoms with Crippen molar-refractivity contribution in [2.24, 2.45) is 0 Å². The summed E-state index contributed by atoms with van der Waals surface area (Å²) in [5.41, 5.74) is 4.99. The van der Waals surface area contributed by atoms with Gasteiger partial charge in [-0.2, -0.15) is 0 Å². The van der Waals surface area contributed by atoms with Crippen molar-refractivity contribution in [1.82, 2.24) is 19.8 Å². The molecule has 1 aromatic carbocycles. The summed E-state index contributed by atoms with van der Waals surface area (Å²) < 4.78 is 0. The van der Waals surface area contributed by atoms with E-state index in [-0.39, 0.29) is 17.7 Å². The third-order valence-electron chi connectivity index (χ3n) is 6.86. The van der Waals surface area contributed by atoms with Crippen molar-refractivity contribution in [3.8, 4) is 0 Å². The Labute approximate surface area is 191 Å². The highest BCUT2D eigenvalue weighted by Gasteiger charge is 2.30. The summed E-state index contributed by atoms with van der Waals surface area (Å²) in [5, 5.41) is 0. The Balaban J connectivity index is 1.39. The molecule has 0 radical (unpaired) electrons. The average molecular weight is 435 g/mol. The molecule has 2 amide bonds. The first-order valence-corrected chi connectivity index (χ1v) is 11.9. The number of hydrogen-bond donors (Lipinski definition) is 0. The summed E-state index contributed by atoms with van der Waals surface area (Å²) in [5.74, 6) is 1.30. The predicted octanol–water partition coefficient (Wildman–Crippen LogP) is 3.52. The summed E-state index contributed by atoms with van der Waals surface area (Å²) in [4.78, 5) is 39.0. The van der Waals surface area contributed by atoms with Crippen LogP contribution in [0.2, 0.25) is 0 Å². The lowest BCUT2D eigenvalue weighted by molar-refractivity contribution is -0.131. The Bertz CT molecular complexity index is 957. The molecule has 3 heterocycles. The number of hydrogen-bond acceptors (Lipinski definition) is 4. The van der Waals surface area contributed by atoms with Gasteiger partial charge in [0.2, 0.25) is 11.8 Å². The van der Waals surface area contributed by atoms with Crippen LogP contribution in [0.25, 0.3) is 0 Å². The highest BCUT2D eigenvalue weighted by molar-refractivity contribution is 5.80. The molecular formula is C26H34N4O2. The first-order chi connectivity index (χ1) is 15.4. The Kier molecular flexibility index (Phi) is 6.87. The molecule has 1 unspecified atom stereocenters. The number of carbonyl (C=O) groups excluding carboxylic acids is 2. The maximum atomic E-state index is 12.8. The number of aromatic nitrogens is 2. The summed E-state index contributed by atoms with van der Waals surface area (Å²) in [6, 6.07) is 8.15. The van der Waals surface area contributed by atoms with Crippen LogP contribution < -0.4 is 0 Å². The van der Waals surface area contributed by atoms with Gasteiger partial charge in [-0.25, -0.2) is 9.97 Å². The lowest BCUT2D eigenvalue weighted by Gasteiger charge is -2.27. The number of amides is 2. The van der Waals surface area contributed by atoms with Crippen LogP contribution >= 0.6 is 0 Å².